The van der Waals surface area contributed by atoms with Gasteiger partial charge in [-0.15, -0.1) is 0 Å². The number of hydrogen-bond acceptors (Lipinski definition) is 3. The normalized spacial score (nSPS) is 16.4. The molecule has 140 valence electrons. The highest BCUT2D eigenvalue weighted by atomic mass is 16.5. The summed E-state index contributed by atoms with van der Waals surface area (Å²) in [5.41, 5.74) is 3.62. The van der Waals surface area contributed by atoms with Crippen LogP contribution in [0.4, 0.5) is 10.5 Å². The lowest BCUT2D eigenvalue weighted by atomic mass is 9.94. The Kier molecular flexibility index (Phi) is 5.45. The first kappa shape index (κ1) is 18.5. The van der Waals surface area contributed by atoms with Crippen LogP contribution in [-0.2, 0) is 4.79 Å². The first-order chi connectivity index (χ1) is 13.0. The fourth-order valence-electron chi connectivity index (χ4n) is 3.00. The van der Waals surface area contributed by atoms with E-state index in [-0.39, 0.29) is 11.9 Å². The Morgan fingerprint density at radius 2 is 1.74 bits per heavy atom. The molecule has 2 aromatic rings. The maximum atomic E-state index is 12.9. The Morgan fingerprint density at radius 1 is 1.07 bits per heavy atom. The van der Waals surface area contributed by atoms with Crippen LogP contribution in [0.1, 0.15) is 31.0 Å². The van der Waals surface area contributed by atoms with Crippen LogP contribution in [0, 0.1) is 6.92 Å². The van der Waals surface area contributed by atoms with Gasteiger partial charge in [-0.3, -0.25) is 4.79 Å². The molecule has 0 bridgehead atoms. The van der Waals surface area contributed by atoms with Crippen LogP contribution in [0.5, 0.6) is 5.75 Å². The Hall–Kier alpha value is -3.28. The monoisotopic (exact) mass is 365 g/mol. The molecular weight excluding hydrogens is 342 g/mol. The van der Waals surface area contributed by atoms with Crippen molar-refractivity contribution in [1.29, 1.82) is 0 Å². The van der Waals surface area contributed by atoms with Gasteiger partial charge in [-0.2, -0.15) is 0 Å². The number of aryl methyl sites for hydroxylation is 1. The Labute approximate surface area is 158 Å². The minimum atomic E-state index is -0.542. The van der Waals surface area contributed by atoms with Crippen molar-refractivity contribution >= 4 is 17.6 Å². The number of allylic oxidation sites excluding steroid dienone is 1. The van der Waals surface area contributed by atoms with Crippen molar-refractivity contribution in [3.8, 4) is 5.75 Å². The average molecular weight is 365 g/mol. The van der Waals surface area contributed by atoms with Gasteiger partial charge < -0.3 is 20.7 Å². The molecule has 1 unspecified atom stereocenters. The number of benzene rings is 2. The molecular formula is C21H23N3O3. The second-order valence-electron chi connectivity index (χ2n) is 6.39. The number of rotatable bonds is 5. The predicted molar refractivity (Wildman–Crippen MR) is 105 cm³/mol. The molecule has 0 aromatic heterocycles. The van der Waals surface area contributed by atoms with E-state index >= 15 is 0 Å². The molecule has 3 rings (SSSR count). The van der Waals surface area contributed by atoms with E-state index in [2.05, 4.69) is 16.0 Å². The smallest absolute Gasteiger partial charge is 0.319 e. The van der Waals surface area contributed by atoms with E-state index in [0.29, 0.717) is 23.6 Å². The van der Waals surface area contributed by atoms with Gasteiger partial charge in [0, 0.05) is 11.4 Å². The Bertz CT molecular complexity index is 871. The molecule has 0 radical (unpaired) electrons. The minimum absolute atomic E-state index is 0.261. The zero-order valence-electron chi connectivity index (χ0n) is 15.6. The third-order valence-corrected chi connectivity index (χ3v) is 4.35. The van der Waals surface area contributed by atoms with Crippen LogP contribution in [-0.4, -0.2) is 18.5 Å². The summed E-state index contributed by atoms with van der Waals surface area (Å²) in [6.07, 6.45) is 0. The molecule has 0 saturated carbocycles. The third-order valence-electron chi connectivity index (χ3n) is 4.35. The number of anilines is 1. The first-order valence-corrected chi connectivity index (χ1v) is 8.87. The van der Waals surface area contributed by atoms with Crippen molar-refractivity contribution in [1.82, 2.24) is 10.6 Å². The van der Waals surface area contributed by atoms with E-state index < -0.39 is 6.04 Å². The molecule has 0 aliphatic carbocycles. The number of nitrogens with one attached hydrogen (secondary N) is 3. The predicted octanol–water partition coefficient (Wildman–Crippen LogP) is 3.66. The highest BCUT2D eigenvalue weighted by molar-refractivity contribution is 6.06. The molecule has 27 heavy (non-hydrogen) atoms. The maximum absolute atomic E-state index is 12.9. The zero-order valence-corrected chi connectivity index (χ0v) is 15.6. The highest BCUT2D eigenvalue weighted by Crippen LogP contribution is 2.29. The van der Waals surface area contributed by atoms with Crippen molar-refractivity contribution in [3.05, 3.63) is 70.9 Å². The van der Waals surface area contributed by atoms with E-state index in [4.69, 9.17) is 4.74 Å². The number of urea groups is 1. The molecule has 1 aliphatic heterocycles. The van der Waals surface area contributed by atoms with Crippen molar-refractivity contribution in [2.24, 2.45) is 0 Å². The second kappa shape index (κ2) is 7.95. The Morgan fingerprint density at radius 3 is 2.37 bits per heavy atom. The third kappa shape index (κ3) is 4.28. The highest BCUT2D eigenvalue weighted by Gasteiger charge is 2.31. The van der Waals surface area contributed by atoms with E-state index in [1.165, 1.54) is 0 Å². The molecule has 0 fully saturated rings. The lowest BCUT2D eigenvalue weighted by molar-refractivity contribution is -0.113. The fourth-order valence-corrected chi connectivity index (χ4v) is 3.00. The van der Waals surface area contributed by atoms with Crippen LogP contribution in [0.2, 0.25) is 0 Å². The minimum Gasteiger partial charge on any atom is -0.494 e. The lowest BCUT2D eigenvalue weighted by Gasteiger charge is -2.28. The van der Waals surface area contributed by atoms with Crippen molar-refractivity contribution in [2.75, 3.05) is 11.9 Å². The second-order valence-corrected chi connectivity index (χ2v) is 6.39. The number of hydrogen-bond donors (Lipinski definition) is 3. The largest absolute Gasteiger partial charge is 0.494 e. The topological polar surface area (TPSA) is 79.5 Å². The van der Waals surface area contributed by atoms with Gasteiger partial charge in [0.25, 0.3) is 5.91 Å². The van der Waals surface area contributed by atoms with Crippen LogP contribution >= 0.6 is 0 Å². The summed E-state index contributed by atoms with van der Waals surface area (Å²) in [5.74, 6) is 0.482. The van der Waals surface area contributed by atoms with Crippen LogP contribution < -0.4 is 20.7 Å². The molecule has 6 heteroatoms. The summed E-state index contributed by atoms with van der Waals surface area (Å²) in [4.78, 5) is 24.9. The van der Waals surface area contributed by atoms with Crippen molar-refractivity contribution in [3.63, 3.8) is 0 Å². The van der Waals surface area contributed by atoms with Gasteiger partial charge in [-0.05, 0) is 50.6 Å². The lowest BCUT2D eigenvalue weighted by Crippen LogP contribution is -2.45. The molecule has 1 heterocycles. The van der Waals surface area contributed by atoms with Gasteiger partial charge in [-0.25, -0.2) is 4.79 Å². The van der Waals surface area contributed by atoms with E-state index in [1.54, 1.807) is 6.92 Å². The Balaban J connectivity index is 1.89. The molecule has 2 aromatic carbocycles. The quantitative estimate of drug-likeness (QED) is 0.756. The number of carbonyl (C=O) groups is 2. The number of carbonyl (C=O) groups excluding carboxylic acids is 2. The van der Waals surface area contributed by atoms with Gasteiger partial charge in [0.05, 0.1) is 18.2 Å². The summed E-state index contributed by atoms with van der Waals surface area (Å²) in [6.45, 7) is 6.21. The summed E-state index contributed by atoms with van der Waals surface area (Å²) in [6, 6.07) is 14.1. The van der Waals surface area contributed by atoms with Gasteiger partial charge in [0.15, 0.2) is 0 Å². The molecule has 0 saturated heterocycles. The van der Waals surface area contributed by atoms with Crippen molar-refractivity contribution in [2.45, 2.75) is 26.8 Å². The summed E-state index contributed by atoms with van der Waals surface area (Å²) in [5, 5.41) is 8.41. The van der Waals surface area contributed by atoms with Gasteiger partial charge in [-0.1, -0.05) is 29.8 Å². The zero-order chi connectivity index (χ0) is 19.4. The average Bonchev–Trinajstić information content (AvgIpc) is 2.64. The number of ether oxygens (including phenoxy) is 1. The SMILES string of the molecule is CCOc1ccc(C2NC(=O)NC(C)=C2C(=O)Nc2ccc(C)cc2)cc1. The van der Waals surface area contributed by atoms with E-state index in [9.17, 15) is 9.59 Å². The summed E-state index contributed by atoms with van der Waals surface area (Å²) in [7, 11) is 0. The maximum Gasteiger partial charge on any atom is 0.319 e. The van der Waals surface area contributed by atoms with Crippen LogP contribution in [0.3, 0.4) is 0 Å². The summed E-state index contributed by atoms with van der Waals surface area (Å²) < 4.78 is 5.46. The molecule has 1 aliphatic rings. The fraction of sp³-hybridized carbons (Fsp3) is 0.238. The van der Waals surface area contributed by atoms with E-state index in [1.807, 2.05) is 62.4 Å². The summed E-state index contributed by atoms with van der Waals surface area (Å²) >= 11 is 0. The van der Waals surface area contributed by atoms with Crippen molar-refractivity contribution < 1.29 is 14.3 Å². The van der Waals surface area contributed by atoms with Gasteiger partial charge in [0.2, 0.25) is 0 Å². The number of amides is 3. The van der Waals surface area contributed by atoms with Crippen LogP contribution in [0.15, 0.2) is 59.8 Å². The molecule has 0 spiro atoms. The molecule has 3 amide bonds. The standard InChI is InChI=1S/C21H23N3O3/c1-4-27-17-11-7-15(8-12-17)19-18(14(3)22-21(26)24-19)20(25)23-16-9-5-13(2)6-10-16/h5-12,19H,4H2,1-3H3,(H,23,25)(H2,22,24,26). The van der Waals surface area contributed by atoms with Gasteiger partial charge >= 0.3 is 6.03 Å². The molecule has 1 atom stereocenters. The molecule has 3 N–H and O–H groups in total. The molecule has 6 nitrogen and oxygen atoms in total. The van der Waals surface area contributed by atoms with E-state index in [0.717, 1.165) is 16.9 Å². The first-order valence-electron chi connectivity index (χ1n) is 8.87. The van der Waals surface area contributed by atoms with Crippen LogP contribution in [0.25, 0.3) is 0 Å². The van der Waals surface area contributed by atoms with Gasteiger partial charge in [0.1, 0.15) is 5.75 Å².